The lowest BCUT2D eigenvalue weighted by atomic mass is 10.3. The van der Waals surface area contributed by atoms with Crippen LogP contribution in [-0.4, -0.2) is 23.5 Å². The minimum absolute atomic E-state index is 0.140. The topological polar surface area (TPSA) is 65.5 Å². The maximum Gasteiger partial charge on any atom is 0.317 e. The Morgan fingerprint density at radius 1 is 1.19 bits per heavy atom. The lowest BCUT2D eigenvalue weighted by molar-refractivity contribution is -0.155. The number of aromatic nitrogens is 1. The zero-order valence-corrected chi connectivity index (χ0v) is 9.01. The number of rotatable bonds is 5. The molecule has 5 heteroatoms. The fraction of sp³-hybridized carbons (Fsp3) is 0.364. The van der Waals surface area contributed by atoms with Crippen molar-refractivity contribution in [3.63, 3.8) is 0 Å². The van der Waals surface area contributed by atoms with Gasteiger partial charge in [0.05, 0.1) is 6.61 Å². The second-order valence-corrected chi connectivity index (χ2v) is 3.00. The van der Waals surface area contributed by atoms with Gasteiger partial charge in [-0.05, 0) is 24.6 Å². The van der Waals surface area contributed by atoms with Crippen LogP contribution in [0, 0.1) is 0 Å². The quantitative estimate of drug-likeness (QED) is 0.552. The Morgan fingerprint density at radius 3 is 2.44 bits per heavy atom. The highest BCUT2D eigenvalue weighted by Gasteiger charge is 2.11. The first kappa shape index (κ1) is 12.2. The van der Waals surface area contributed by atoms with E-state index in [9.17, 15) is 9.59 Å². The van der Waals surface area contributed by atoms with Crippen LogP contribution in [0.5, 0.6) is 0 Å². The average molecular weight is 223 g/mol. The molecule has 5 nitrogen and oxygen atoms in total. The SMILES string of the molecule is CCOC(=O)CC(=O)OCc1ccncc1. The van der Waals surface area contributed by atoms with Crippen molar-refractivity contribution in [1.29, 1.82) is 0 Å². The Kier molecular flexibility index (Phi) is 4.98. The van der Waals surface area contributed by atoms with E-state index in [-0.39, 0.29) is 19.6 Å². The van der Waals surface area contributed by atoms with E-state index < -0.39 is 11.9 Å². The first-order valence-corrected chi connectivity index (χ1v) is 4.92. The third-order valence-electron chi connectivity index (χ3n) is 1.74. The molecule has 0 saturated heterocycles. The van der Waals surface area contributed by atoms with Gasteiger partial charge >= 0.3 is 11.9 Å². The van der Waals surface area contributed by atoms with Crippen molar-refractivity contribution in [1.82, 2.24) is 4.98 Å². The number of nitrogens with zero attached hydrogens (tertiary/aromatic N) is 1. The molecule has 0 unspecified atom stereocenters. The second-order valence-electron chi connectivity index (χ2n) is 3.00. The van der Waals surface area contributed by atoms with E-state index in [0.717, 1.165) is 5.56 Å². The van der Waals surface area contributed by atoms with Crippen molar-refractivity contribution >= 4 is 11.9 Å². The van der Waals surface area contributed by atoms with Crippen LogP contribution in [0.4, 0.5) is 0 Å². The van der Waals surface area contributed by atoms with Crippen LogP contribution in [-0.2, 0) is 25.7 Å². The van der Waals surface area contributed by atoms with Gasteiger partial charge in [-0.2, -0.15) is 0 Å². The maximum atomic E-state index is 11.2. The number of pyridine rings is 1. The number of carbonyl (C=O) groups is 2. The predicted octanol–water partition coefficient (Wildman–Crippen LogP) is 1.08. The van der Waals surface area contributed by atoms with Crippen LogP contribution in [0.15, 0.2) is 24.5 Å². The molecule has 0 radical (unpaired) electrons. The van der Waals surface area contributed by atoms with Crippen LogP contribution < -0.4 is 0 Å². The van der Waals surface area contributed by atoms with Crippen molar-refractivity contribution in [2.24, 2.45) is 0 Å². The van der Waals surface area contributed by atoms with E-state index in [4.69, 9.17) is 4.74 Å². The largest absolute Gasteiger partial charge is 0.466 e. The number of ether oxygens (including phenoxy) is 2. The first-order valence-electron chi connectivity index (χ1n) is 4.92. The molecule has 0 N–H and O–H groups in total. The summed E-state index contributed by atoms with van der Waals surface area (Å²) in [5.74, 6) is -1.16. The summed E-state index contributed by atoms with van der Waals surface area (Å²) in [6.45, 7) is 2.08. The molecule has 0 amide bonds. The minimum Gasteiger partial charge on any atom is -0.466 e. The summed E-state index contributed by atoms with van der Waals surface area (Å²) >= 11 is 0. The van der Waals surface area contributed by atoms with Crippen molar-refractivity contribution in [3.8, 4) is 0 Å². The van der Waals surface area contributed by atoms with Gasteiger partial charge in [0.1, 0.15) is 13.0 Å². The van der Waals surface area contributed by atoms with Gasteiger partial charge in [-0.3, -0.25) is 14.6 Å². The number of esters is 2. The standard InChI is InChI=1S/C11H13NO4/c1-2-15-10(13)7-11(14)16-8-9-3-5-12-6-4-9/h3-6H,2,7-8H2,1H3. The van der Waals surface area contributed by atoms with Crippen LogP contribution in [0.2, 0.25) is 0 Å². The Labute approximate surface area is 93.4 Å². The Hall–Kier alpha value is -1.91. The Morgan fingerprint density at radius 2 is 1.81 bits per heavy atom. The summed E-state index contributed by atoms with van der Waals surface area (Å²) in [7, 11) is 0. The van der Waals surface area contributed by atoms with Crippen molar-refractivity contribution in [2.75, 3.05) is 6.61 Å². The molecule has 0 spiro atoms. The highest BCUT2D eigenvalue weighted by molar-refractivity contribution is 5.91. The monoisotopic (exact) mass is 223 g/mol. The molecule has 0 aliphatic rings. The first-order chi connectivity index (χ1) is 7.72. The summed E-state index contributed by atoms with van der Waals surface area (Å²) < 4.78 is 9.49. The van der Waals surface area contributed by atoms with E-state index in [0.29, 0.717) is 0 Å². The molecule has 86 valence electrons. The van der Waals surface area contributed by atoms with E-state index in [1.807, 2.05) is 0 Å². The van der Waals surface area contributed by atoms with E-state index in [1.165, 1.54) is 0 Å². The fourth-order valence-electron chi connectivity index (χ4n) is 1.02. The normalized spacial score (nSPS) is 9.56. The molecular weight excluding hydrogens is 210 g/mol. The minimum atomic E-state index is -0.588. The lowest BCUT2D eigenvalue weighted by Gasteiger charge is -2.04. The molecule has 0 aliphatic carbocycles. The van der Waals surface area contributed by atoms with E-state index >= 15 is 0 Å². The molecule has 1 aromatic rings. The van der Waals surface area contributed by atoms with Gasteiger partial charge in [0.15, 0.2) is 0 Å². The number of carbonyl (C=O) groups excluding carboxylic acids is 2. The van der Waals surface area contributed by atoms with Crippen molar-refractivity contribution < 1.29 is 19.1 Å². The van der Waals surface area contributed by atoms with Gasteiger partial charge in [-0.1, -0.05) is 0 Å². The van der Waals surface area contributed by atoms with Crippen molar-refractivity contribution in [3.05, 3.63) is 30.1 Å². The predicted molar refractivity (Wildman–Crippen MR) is 55.3 cm³/mol. The van der Waals surface area contributed by atoms with Gasteiger partial charge in [0.25, 0.3) is 0 Å². The van der Waals surface area contributed by atoms with Crippen LogP contribution in [0.1, 0.15) is 18.9 Å². The highest BCUT2D eigenvalue weighted by atomic mass is 16.6. The maximum absolute atomic E-state index is 11.2. The molecule has 0 fully saturated rings. The molecule has 1 aromatic heterocycles. The number of hydrogen-bond donors (Lipinski definition) is 0. The molecular formula is C11H13NO4. The van der Waals surface area contributed by atoms with Gasteiger partial charge in [-0.25, -0.2) is 0 Å². The fourth-order valence-corrected chi connectivity index (χ4v) is 1.02. The third-order valence-corrected chi connectivity index (χ3v) is 1.74. The zero-order chi connectivity index (χ0) is 11.8. The number of hydrogen-bond acceptors (Lipinski definition) is 5. The van der Waals surface area contributed by atoms with Crippen LogP contribution in [0.25, 0.3) is 0 Å². The van der Waals surface area contributed by atoms with Gasteiger partial charge < -0.3 is 9.47 Å². The van der Waals surface area contributed by atoms with E-state index in [1.54, 1.807) is 31.5 Å². The van der Waals surface area contributed by atoms with Crippen LogP contribution >= 0.6 is 0 Å². The molecule has 0 saturated carbocycles. The average Bonchev–Trinajstić information content (AvgIpc) is 2.28. The van der Waals surface area contributed by atoms with Crippen molar-refractivity contribution in [2.45, 2.75) is 20.0 Å². The summed E-state index contributed by atoms with van der Waals surface area (Å²) in [5.41, 5.74) is 0.826. The van der Waals surface area contributed by atoms with E-state index in [2.05, 4.69) is 9.72 Å². The lowest BCUT2D eigenvalue weighted by Crippen LogP contribution is -2.13. The molecule has 0 atom stereocenters. The second kappa shape index (κ2) is 6.55. The molecule has 0 aliphatic heterocycles. The Balaban J connectivity index is 2.28. The van der Waals surface area contributed by atoms with Gasteiger partial charge in [0, 0.05) is 12.4 Å². The molecule has 0 aromatic carbocycles. The summed E-state index contributed by atoms with van der Waals surface area (Å²) in [5, 5.41) is 0. The van der Waals surface area contributed by atoms with Gasteiger partial charge in [0.2, 0.25) is 0 Å². The summed E-state index contributed by atoms with van der Waals surface area (Å²) in [4.78, 5) is 25.9. The summed E-state index contributed by atoms with van der Waals surface area (Å²) in [6.07, 6.45) is 2.86. The highest BCUT2D eigenvalue weighted by Crippen LogP contribution is 2.00. The molecule has 16 heavy (non-hydrogen) atoms. The molecule has 0 bridgehead atoms. The zero-order valence-electron chi connectivity index (χ0n) is 9.01. The smallest absolute Gasteiger partial charge is 0.317 e. The molecule has 1 heterocycles. The summed E-state index contributed by atoms with van der Waals surface area (Å²) in [6, 6.07) is 3.47. The van der Waals surface area contributed by atoms with Crippen LogP contribution in [0.3, 0.4) is 0 Å². The third kappa shape index (κ3) is 4.54. The molecule has 1 rings (SSSR count). The van der Waals surface area contributed by atoms with Gasteiger partial charge in [-0.15, -0.1) is 0 Å². The Bertz CT molecular complexity index is 350.